The molecule has 0 radical (unpaired) electrons. The fourth-order valence-corrected chi connectivity index (χ4v) is 3.51. The van der Waals surface area contributed by atoms with Crippen LogP contribution in [0, 0.1) is 5.92 Å². The minimum Gasteiger partial charge on any atom is -0.384 e. The molecule has 0 spiro atoms. The Kier molecular flexibility index (Phi) is 4.06. The Balaban J connectivity index is 1.60. The third kappa shape index (κ3) is 2.94. The van der Waals surface area contributed by atoms with Crippen molar-refractivity contribution in [3.63, 3.8) is 0 Å². The van der Waals surface area contributed by atoms with E-state index in [1.165, 1.54) is 18.5 Å². The van der Waals surface area contributed by atoms with Gasteiger partial charge in [0.1, 0.15) is 0 Å². The maximum absolute atomic E-state index is 12.8. The molecule has 0 aromatic carbocycles. The summed E-state index contributed by atoms with van der Waals surface area (Å²) in [6, 6.07) is 3.60. The van der Waals surface area contributed by atoms with Gasteiger partial charge in [0.2, 0.25) is 0 Å². The molecule has 6 heteroatoms. The molecule has 2 aromatic rings. The fraction of sp³-hybridized carbons (Fsp3) is 0.500. The molecule has 1 saturated carbocycles. The zero-order valence-corrected chi connectivity index (χ0v) is 13.9. The predicted molar refractivity (Wildman–Crippen MR) is 88.5 cm³/mol. The van der Waals surface area contributed by atoms with E-state index in [1.54, 1.807) is 25.6 Å². The highest BCUT2D eigenvalue weighted by atomic mass is 16.5. The van der Waals surface area contributed by atoms with Crippen LogP contribution in [0.25, 0.3) is 0 Å². The number of rotatable bonds is 5. The monoisotopic (exact) mass is 326 g/mol. The molecule has 1 aliphatic heterocycles. The Bertz CT molecular complexity index is 724. The van der Waals surface area contributed by atoms with Crippen LogP contribution >= 0.6 is 0 Å². The van der Waals surface area contributed by atoms with E-state index in [4.69, 9.17) is 4.74 Å². The number of carbonyl (C=O) groups excluding carboxylic acids is 1. The van der Waals surface area contributed by atoms with Crippen LogP contribution in [0.2, 0.25) is 0 Å². The first kappa shape index (κ1) is 15.3. The average molecular weight is 326 g/mol. The molecule has 0 unspecified atom stereocenters. The van der Waals surface area contributed by atoms with E-state index >= 15 is 0 Å². The van der Waals surface area contributed by atoms with E-state index in [0.717, 1.165) is 18.2 Å². The lowest BCUT2D eigenvalue weighted by atomic mass is 9.98. The van der Waals surface area contributed by atoms with Gasteiger partial charge in [0, 0.05) is 44.2 Å². The third-order valence-corrected chi connectivity index (χ3v) is 4.84. The minimum atomic E-state index is 0.00611. The van der Waals surface area contributed by atoms with Crippen LogP contribution < -0.4 is 0 Å². The first-order valence-electron chi connectivity index (χ1n) is 8.48. The molecule has 2 aromatic heterocycles. The van der Waals surface area contributed by atoms with Crippen molar-refractivity contribution in [2.24, 2.45) is 5.92 Å². The van der Waals surface area contributed by atoms with E-state index in [0.29, 0.717) is 25.3 Å². The van der Waals surface area contributed by atoms with E-state index in [2.05, 4.69) is 14.5 Å². The summed E-state index contributed by atoms with van der Waals surface area (Å²) in [7, 11) is 1.71. The Morgan fingerprint density at radius 3 is 3.00 bits per heavy atom. The first-order chi connectivity index (χ1) is 11.8. The SMILES string of the molecule is COC[C@H]1CN(C(=O)c2cccnc2)Cc2ncn(CC3CC3)c21. The second-order valence-corrected chi connectivity index (χ2v) is 6.75. The van der Waals surface area contributed by atoms with Gasteiger partial charge in [-0.25, -0.2) is 4.98 Å². The van der Waals surface area contributed by atoms with Gasteiger partial charge in [-0.3, -0.25) is 9.78 Å². The largest absolute Gasteiger partial charge is 0.384 e. The minimum absolute atomic E-state index is 0.00611. The van der Waals surface area contributed by atoms with Gasteiger partial charge in [0.15, 0.2) is 0 Å². The maximum Gasteiger partial charge on any atom is 0.255 e. The zero-order valence-electron chi connectivity index (χ0n) is 13.9. The van der Waals surface area contributed by atoms with Crippen molar-refractivity contribution in [1.82, 2.24) is 19.4 Å². The van der Waals surface area contributed by atoms with Crippen molar-refractivity contribution in [3.8, 4) is 0 Å². The predicted octanol–water partition coefficient (Wildman–Crippen LogP) is 2.07. The summed E-state index contributed by atoms with van der Waals surface area (Å²) in [5, 5.41) is 0. The number of aromatic nitrogens is 3. The number of nitrogens with zero attached hydrogens (tertiary/aromatic N) is 4. The fourth-order valence-electron chi connectivity index (χ4n) is 3.51. The van der Waals surface area contributed by atoms with Crippen LogP contribution in [0.4, 0.5) is 0 Å². The zero-order chi connectivity index (χ0) is 16.5. The number of hydrogen-bond donors (Lipinski definition) is 0. The van der Waals surface area contributed by atoms with E-state index in [9.17, 15) is 4.79 Å². The Labute approximate surface area is 141 Å². The summed E-state index contributed by atoms with van der Waals surface area (Å²) in [5.74, 6) is 0.966. The molecule has 1 aliphatic carbocycles. The standard InChI is InChI=1S/C18H22N4O2/c1-24-11-15-9-21(18(23)14-3-2-6-19-7-14)10-16-17(15)22(12-20-16)8-13-4-5-13/h2-3,6-7,12-13,15H,4-5,8-11H2,1H3/t15-/m1/s1. The van der Waals surface area contributed by atoms with Crippen molar-refractivity contribution in [3.05, 3.63) is 47.8 Å². The van der Waals surface area contributed by atoms with Gasteiger partial charge in [-0.1, -0.05) is 0 Å². The molecule has 126 valence electrons. The third-order valence-electron chi connectivity index (χ3n) is 4.84. The summed E-state index contributed by atoms with van der Waals surface area (Å²) < 4.78 is 7.71. The van der Waals surface area contributed by atoms with Gasteiger partial charge in [0.25, 0.3) is 5.91 Å². The molecule has 1 fully saturated rings. The molecule has 0 N–H and O–H groups in total. The molecule has 1 amide bonds. The van der Waals surface area contributed by atoms with E-state index < -0.39 is 0 Å². The summed E-state index contributed by atoms with van der Waals surface area (Å²) >= 11 is 0. The van der Waals surface area contributed by atoms with Crippen LogP contribution in [-0.4, -0.2) is 45.6 Å². The van der Waals surface area contributed by atoms with Crippen LogP contribution in [0.1, 0.15) is 40.5 Å². The average Bonchev–Trinajstić information content (AvgIpc) is 3.34. The summed E-state index contributed by atoms with van der Waals surface area (Å²) in [5.41, 5.74) is 2.87. The van der Waals surface area contributed by atoms with Crippen molar-refractivity contribution < 1.29 is 9.53 Å². The number of carbonyl (C=O) groups is 1. The van der Waals surface area contributed by atoms with Crippen LogP contribution in [-0.2, 0) is 17.8 Å². The van der Waals surface area contributed by atoms with Gasteiger partial charge in [-0.15, -0.1) is 0 Å². The Hall–Kier alpha value is -2.21. The lowest BCUT2D eigenvalue weighted by molar-refractivity contribution is 0.0672. The normalized spacial score (nSPS) is 20.0. The smallest absolute Gasteiger partial charge is 0.255 e. The quantitative estimate of drug-likeness (QED) is 0.844. The van der Waals surface area contributed by atoms with Crippen molar-refractivity contribution >= 4 is 5.91 Å². The van der Waals surface area contributed by atoms with Crippen molar-refractivity contribution in [1.29, 1.82) is 0 Å². The second kappa shape index (κ2) is 6.36. The number of imidazole rings is 1. The highest BCUT2D eigenvalue weighted by Gasteiger charge is 2.33. The maximum atomic E-state index is 12.8. The highest BCUT2D eigenvalue weighted by Crippen LogP contribution is 2.34. The molecule has 0 saturated heterocycles. The highest BCUT2D eigenvalue weighted by molar-refractivity contribution is 5.94. The van der Waals surface area contributed by atoms with Gasteiger partial charge in [-0.05, 0) is 30.9 Å². The van der Waals surface area contributed by atoms with Crippen LogP contribution in [0.15, 0.2) is 30.9 Å². The number of amides is 1. The summed E-state index contributed by atoms with van der Waals surface area (Å²) in [6.45, 7) is 2.85. The molecular formula is C18H22N4O2. The van der Waals surface area contributed by atoms with Gasteiger partial charge in [-0.2, -0.15) is 0 Å². The Morgan fingerprint density at radius 1 is 1.42 bits per heavy atom. The summed E-state index contributed by atoms with van der Waals surface area (Å²) in [6.07, 6.45) is 7.86. The second-order valence-electron chi connectivity index (χ2n) is 6.75. The van der Waals surface area contributed by atoms with Crippen LogP contribution in [0.5, 0.6) is 0 Å². The van der Waals surface area contributed by atoms with Crippen molar-refractivity contribution in [2.45, 2.75) is 31.8 Å². The van der Waals surface area contributed by atoms with Gasteiger partial charge < -0.3 is 14.2 Å². The number of methoxy groups -OCH3 is 1. The number of ether oxygens (including phenoxy) is 1. The molecule has 3 heterocycles. The number of pyridine rings is 1. The number of fused-ring (bicyclic) bond motifs is 1. The van der Waals surface area contributed by atoms with Gasteiger partial charge >= 0.3 is 0 Å². The molecule has 1 atom stereocenters. The molecule has 4 rings (SSSR count). The summed E-state index contributed by atoms with van der Waals surface area (Å²) in [4.78, 5) is 23.3. The molecule has 2 aliphatic rings. The first-order valence-corrected chi connectivity index (χ1v) is 8.48. The van der Waals surface area contributed by atoms with Crippen LogP contribution in [0.3, 0.4) is 0 Å². The van der Waals surface area contributed by atoms with E-state index in [-0.39, 0.29) is 11.8 Å². The topological polar surface area (TPSA) is 60.2 Å². The molecular weight excluding hydrogens is 304 g/mol. The lowest BCUT2D eigenvalue weighted by Crippen LogP contribution is -2.40. The van der Waals surface area contributed by atoms with E-state index in [1.807, 2.05) is 17.3 Å². The lowest BCUT2D eigenvalue weighted by Gasteiger charge is -2.33. The molecule has 6 nitrogen and oxygen atoms in total. The van der Waals surface area contributed by atoms with Crippen molar-refractivity contribution in [2.75, 3.05) is 20.3 Å². The molecule has 24 heavy (non-hydrogen) atoms. The number of hydrogen-bond acceptors (Lipinski definition) is 4. The molecule has 0 bridgehead atoms. The van der Waals surface area contributed by atoms with Gasteiger partial charge in [0.05, 0.1) is 30.7 Å². The Morgan fingerprint density at radius 2 is 2.29 bits per heavy atom.